The topological polar surface area (TPSA) is 0 Å². The van der Waals surface area contributed by atoms with Crippen molar-refractivity contribution in [2.75, 3.05) is 0 Å². The van der Waals surface area contributed by atoms with Crippen molar-refractivity contribution in [2.45, 2.75) is 58.9 Å². The maximum Gasteiger partial charge on any atom is 0.208 e. The molecule has 0 aliphatic rings. The fourth-order valence-corrected chi connectivity index (χ4v) is 91.1. The Morgan fingerprint density at radius 1 is 0.500 bits per heavy atom. The first-order valence-electron chi connectivity index (χ1n) is 5.44. The van der Waals surface area contributed by atoms with E-state index in [9.17, 15) is 0 Å². The first-order valence-corrected chi connectivity index (χ1v) is 20.8. The van der Waals surface area contributed by atoms with Crippen LogP contribution in [-0.2, 0) is 0 Å². The minimum absolute atomic E-state index is 1.59. The van der Waals surface area contributed by atoms with Crippen molar-refractivity contribution in [3.63, 3.8) is 0 Å². The van der Waals surface area contributed by atoms with Crippen molar-refractivity contribution in [1.82, 2.24) is 0 Å². The summed E-state index contributed by atoms with van der Waals surface area (Å²) in [5.74, 6) is 0. The number of rotatable bonds is 3. The second-order valence-electron chi connectivity index (χ2n) is 7.41. The Labute approximate surface area is 92.9 Å². The van der Waals surface area contributed by atoms with Crippen LogP contribution < -0.4 is 0 Å². The highest BCUT2D eigenvalue weighted by molar-refractivity contribution is 7.87. The van der Waals surface area contributed by atoms with Crippen LogP contribution in [0.4, 0.5) is 4.11 Å². The van der Waals surface area contributed by atoms with E-state index in [0.29, 0.717) is 0 Å². The van der Waals surface area contributed by atoms with Gasteiger partial charge in [0.05, 0.1) is 22.8 Å². The lowest BCUT2D eigenvalue weighted by Gasteiger charge is -2.50. The van der Waals surface area contributed by atoms with Gasteiger partial charge < -0.3 is 4.11 Å². The van der Waals surface area contributed by atoms with Gasteiger partial charge in [-0.2, -0.15) is 0 Å². The molecule has 0 unspecified atom stereocenters. The van der Waals surface area contributed by atoms with Crippen LogP contribution >= 0.6 is 0 Å². The number of hydrogen-bond donors (Lipinski definition) is 0. The van der Waals surface area contributed by atoms with Gasteiger partial charge in [0, 0.05) is 0 Å². The third kappa shape index (κ3) is 2.31. The fourth-order valence-electron chi connectivity index (χ4n) is 3.38. The minimum Gasteiger partial charge on any atom is -0.325 e. The molecule has 0 aliphatic heterocycles. The molecule has 0 saturated carbocycles. The van der Waals surface area contributed by atoms with Gasteiger partial charge >= 0.3 is 0 Å². The third-order valence-electron chi connectivity index (χ3n) is 3.10. The van der Waals surface area contributed by atoms with Crippen LogP contribution in [-0.4, -0.2) is 29.7 Å². The Morgan fingerprint density at radius 2 is 0.643 bits per heavy atom. The van der Waals surface area contributed by atoms with Crippen molar-refractivity contribution < 1.29 is 4.11 Å². The summed E-state index contributed by atoms with van der Waals surface area (Å²) in [5, 5.41) is 0. The van der Waals surface area contributed by atoms with Gasteiger partial charge in [-0.15, -0.1) is 0 Å². The van der Waals surface area contributed by atoms with Crippen LogP contribution in [0.25, 0.3) is 0 Å². The van der Waals surface area contributed by atoms with Gasteiger partial charge in [-0.1, -0.05) is 58.9 Å². The third-order valence-corrected chi connectivity index (χ3v) is 68.4. The summed E-state index contributed by atoms with van der Waals surface area (Å²) in [5.41, 5.74) is 0. The second-order valence-corrected chi connectivity index (χ2v) is 46.4. The molecular weight excluding hydrogens is 239 g/mol. The van der Waals surface area contributed by atoms with Gasteiger partial charge in [0.25, 0.3) is 0 Å². The summed E-state index contributed by atoms with van der Waals surface area (Å²) in [6.45, 7) is 17.9. The normalized spacial score (nSPS) is 15.9. The van der Waals surface area contributed by atoms with E-state index in [1.165, 1.54) is 0 Å². The summed E-state index contributed by atoms with van der Waals surface area (Å²) in [6, 6.07) is 0. The number of hydrogen-bond acceptors (Lipinski definition) is 0. The summed E-state index contributed by atoms with van der Waals surface area (Å²) in [4.78, 5) is 0. The highest BCUT2D eigenvalue weighted by Crippen LogP contribution is 2.37. The van der Waals surface area contributed by atoms with Crippen LogP contribution in [0.1, 0.15) is 0 Å². The molecule has 0 amide bonds. The Morgan fingerprint density at radius 3 is 0.643 bits per heavy atom. The summed E-state index contributed by atoms with van der Waals surface area (Å²) < 4.78 is 15.6. The van der Waals surface area contributed by atoms with Gasteiger partial charge in [-0.3, -0.25) is 0 Å². The molecule has 0 aromatic rings. The number of halogens is 1. The fraction of sp³-hybridized carbons (Fsp3) is 1.00. The molecule has 0 fully saturated rings. The van der Waals surface area contributed by atoms with Gasteiger partial charge in [-0.05, 0) is 0 Å². The highest BCUT2D eigenvalue weighted by Gasteiger charge is 2.63. The largest absolute Gasteiger partial charge is 0.325 e. The summed E-state index contributed by atoms with van der Waals surface area (Å²) in [6.07, 6.45) is 0. The van der Waals surface area contributed by atoms with E-state index in [4.69, 9.17) is 0 Å². The van der Waals surface area contributed by atoms with E-state index in [0.717, 1.165) is 0 Å². The van der Waals surface area contributed by atoms with Gasteiger partial charge in [0.2, 0.25) is 6.96 Å². The van der Waals surface area contributed by atoms with E-state index >= 15 is 4.11 Å². The summed E-state index contributed by atoms with van der Waals surface area (Å²) >= 11 is 0. The van der Waals surface area contributed by atoms with Crippen molar-refractivity contribution in [3.05, 3.63) is 0 Å². The first kappa shape index (κ1) is 14.8. The predicted octanol–water partition coefficient (Wildman–Crippen LogP) is 4.15. The zero-order valence-electron chi connectivity index (χ0n) is 11.4. The van der Waals surface area contributed by atoms with Gasteiger partial charge in [0.15, 0.2) is 0 Å². The molecule has 86 valence electrons. The standard InChI is InChI=1S/C9H27FSi4/c1-11(2,3)14(10,12(4,5)6)13(7,8)9/h1-9H3. The molecule has 5 heteroatoms. The molecule has 0 heterocycles. The Bertz CT molecular complexity index is 170. The molecule has 0 aliphatic carbocycles. The average Bonchev–Trinajstić information content (AvgIpc) is 1.77. The van der Waals surface area contributed by atoms with Crippen LogP contribution in [0.2, 0.25) is 58.9 Å². The quantitative estimate of drug-likeness (QED) is 0.532. The maximum atomic E-state index is 15.6. The molecule has 0 radical (unpaired) electrons. The van der Waals surface area contributed by atoms with Gasteiger partial charge in [0.1, 0.15) is 0 Å². The Balaban J connectivity index is 5.54. The molecule has 0 saturated heterocycles. The zero-order chi connectivity index (χ0) is 12.0. The van der Waals surface area contributed by atoms with Crippen molar-refractivity contribution in [3.8, 4) is 0 Å². The Hall–Kier alpha value is 0.798. The van der Waals surface area contributed by atoms with Crippen molar-refractivity contribution >= 4 is 29.7 Å². The predicted molar refractivity (Wildman–Crippen MR) is 76.9 cm³/mol. The van der Waals surface area contributed by atoms with Crippen LogP contribution in [0.5, 0.6) is 0 Å². The maximum absolute atomic E-state index is 15.6. The van der Waals surface area contributed by atoms with E-state index in [1.54, 1.807) is 0 Å². The molecule has 0 atom stereocenters. The smallest absolute Gasteiger partial charge is 0.208 e. The van der Waals surface area contributed by atoms with E-state index in [1.807, 2.05) is 0 Å². The zero-order valence-corrected chi connectivity index (χ0v) is 15.4. The van der Waals surface area contributed by atoms with Crippen LogP contribution in [0.15, 0.2) is 0 Å². The average molecular weight is 267 g/mol. The van der Waals surface area contributed by atoms with E-state index in [2.05, 4.69) is 58.9 Å². The van der Waals surface area contributed by atoms with E-state index < -0.39 is 29.7 Å². The molecule has 0 bridgehead atoms. The second kappa shape index (κ2) is 3.67. The summed E-state index contributed by atoms with van der Waals surface area (Å²) in [7, 11) is -4.76. The highest BCUT2D eigenvalue weighted by atomic mass is 29.9. The Kier molecular flexibility index (Phi) is 3.88. The molecule has 0 aromatic heterocycles. The SMILES string of the molecule is C[Si](C)(C)[Si](F)([Si](C)(C)C)[Si](C)(C)C. The monoisotopic (exact) mass is 266 g/mol. The molecule has 0 rings (SSSR count). The lowest BCUT2D eigenvalue weighted by molar-refractivity contribution is 0.857. The van der Waals surface area contributed by atoms with Crippen molar-refractivity contribution in [1.29, 1.82) is 0 Å². The lowest BCUT2D eigenvalue weighted by atomic mass is 11.8. The molecular formula is C9H27FSi4. The minimum atomic E-state index is -2.44. The van der Waals surface area contributed by atoms with Gasteiger partial charge in [-0.25, -0.2) is 0 Å². The molecule has 0 N–H and O–H groups in total. The van der Waals surface area contributed by atoms with Crippen LogP contribution in [0.3, 0.4) is 0 Å². The molecule has 0 spiro atoms. The molecule has 0 nitrogen and oxygen atoms in total. The molecule has 0 aromatic carbocycles. The molecule has 14 heavy (non-hydrogen) atoms. The van der Waals surface area contributed by atoms with E-state index in [-0.39, 0.29) is 0 Å². The first-order chi connectivity index (χ1) is 5.75. The lowest BCUT2D eigenvalue weighted by Crippen LogP contribution is -2.80. The van der Waals surface area contributed by atoms with Crippen molar-refractivity contribution in [2.24, 2.45) is 0 Å². The van der Waals surface area contributed by atoms with Crippen LogP contribution in [0, 0.1) is 0 Å².